The van der Waals surface area contributed by atoms with Gasteiger partial charge >= 0.3 is 23.9 Å². The van der Waals surface area contributed by atoms with Gasteiger partial charge in [-0.1, -0.05) is 77.0 Å². The lowest BCUT2D eigenvalue weighted by atomic mass is 9.70. The number of aliphatic hydroxyl groups is 5. The van der Waals surface area contributed by atoms with E-state index in [1.807, 2.05) is 13.0 Å². The molecule has 6 bridgehead atoms. The number of aliphatic hydroxyl groups excluding tert-OH is 3. The number of hydrogen-bond acceptors (Lipinski definition) is 17. The quantitative estimate of drug-likeness (QED) is 0.0680. The summed E-state index contributed by atoms with van der Waals surface area (Å²) in [5.74, 6) is -7.93. The molecule has 17 nitrogen and oxygen atoms in total. The van der Waals surface area contributed by atoms with Crippen molar-refractivity contribution in [1.29, 1.82) is 0 Å². The van der Waals surface area contributed by atoms with E-state index in [9.17, 15) is 44.7 Å². The Bertz CT molecular complexity index is 1720. The van der Waals surface area contributed by atoms with Crippen molar-refractivity contribution in [2.24, 2.45) is 16.7 Å². The van der Waals surface area contributed by atoms with Crippen molar-refractivity contribution in [2.45, 2.75) is 192 Å². The van der Waals surface area contributed by atoms with Gasteiger partial charge in [-0.2, -0.15) is 0 Å². The predicted octanol–water partition coefficient (Wildman–Crippen LogP) is 4.15. The average Bonchev–Trinajstić information content (AvgIpc) is 3.19. The molecule has 0 aromatic carbocycles. The van der Waals surface area contributed by atoms with Crippen molar-refractivity contribution in [2.75, 3.05) is 14.2 Å². The highest BCUT2D eigenvalue weighted by Crippen LogP contribution is 2.50. The van der Waals surface area contributed by atoms with Crippen LogP contribution in [0.1, 0.15) is 119 Å². The first-order valence-corrected chi connectivity index (χ1v) is 22.4. The van der Waals surface area contributed by atoms with Crippen LogP contribution in [-0.2, 0) is 57.1 Å². The molecule has 0 aliphatic carbocycles. The Morgan fingerprint density at radius 1 is 0.875 bits per heavy atom. The molecule has 4 aliphatic heterocycles. The number of fused-ring (bicyclic) bond motifs is 6. The molecule has 5 N–H and O–H groups in total. The van der Waals surface area contributed by atoms with Crippen LogP contribution in [0, 0.1) is 16.7 Å². The number of carbonyl (C=O) groups is 4. The standard InChI is InChI=1S/C47H72O17/c1-10-11-12-13-14-15-39(51)62-43-31(22-41(53)58-9)21-34-25-37(28(2)48)61-42(54)24-32(50)23-35-26-38(59-29(3)49)45(6,7)46(55,63-35)27-36-19-30(20-40(52)57-8)18-33(60-36)16-17-44(4,5)47(43,56)64-34/h12-17,20,28,31-38,42-43,48,50,54-56H,10-11,18-19,21-27H2,1-9H3/t28-,31-,32+,33-,34-,35+,36-,37+,38-,42-,43-,46-,47+/m0/s1. The zero-order chi connectivity index (χ0) is 47.6. The van der Waals surface area contributed by atoms with Crippen LogP contribution in [0.4, 0.5) is 0 Å². The number of hydrogen-bond donors (Lipinski definition) is 5. The molecule has 64 heavy (non-hydrogen) atoms. The van der Waals surface area contributed by atoms with E-state index in [0.717, 1.165) is 12.8 Å². The molecule has 0 unspecified atom stereocenters. The van der Waals surface area contributed by atoms with Crippen LogP contribution in [0.3, 0.4) is 0 Å². The van der Waals surface area contributed by atoms with Gasteiger partial charge in [0.25, 0.3) is 0 Å². The van der Waals surface area contributed by atoms with Crippen LogP contribution < -0.4 is 0 Å². The molecule has 362 valence electrons. The van der Waals surface area contributed by atoms with Crippen molar-refractivity contribution in [1.82, 2.24) is 0 Å². The molecule has 3 fully saturated rings. The Morgan fingerprint density at radius 3 is 2.22 bits per heavy atom. The molecule has 0 amide bonds. The summed E-state index contributed by atoms with van der Waals surface area (Å²) in [4.78, 5) is 51.4. The highest BCUT2D eigenvalue weighted by atomic mass is 16.7. The van der Waals surface area contributed by atoms with E-state index in [4.69, 9.17) is 37.9 Å². The lowest BCUT2D eigenvalue weighted by Gasteiger charge is -2.54. The number of ether oxygens (including phenoxy) is 8. The fourth-order valence-corrected chi connectivity index (χ4v) is 9.07. The van der Waals surface area contributed by atoms with Crippen LogP contribution >= 0.6 is 0 Å². The normalized spacial score (nSPS) is 37.1. The number of methoxy groups -OCH3 is 2. The third kappa shape index (κ3) is 13.8. The highest BCUT2D eigenvalue weighted by Gasteiger charge is 2.60. The van der Waals surface area contributed by atoms with Crippen LogP contribution in [0.2, 0.25) is 0 Å². The van der Waals surface area contributed by atoms with Crippen molar-refractivity contribution in [3.63, 3.8) is 0 Å². The third-order valence-corrected chi connectivity index (χ3v) is 12.9. The van der Waals surface area contributed by atoms with Crippen molar-refractivity contribution in [3.05, 3.63) is 48.1 Å². The number of unbranched alkanes of at least 4 members (excludes halogenated alkanes) is 1. The second kappa shape index (κ2) is 22.8. The maximum atomic E-state index is 13.5. The first-order chi connectivity index (χ1) is 29.9. The van der Waals surface area contributed by atoms with Gasteiger partial charge in [-0.25, -0.2) is 9.59 Å². The predicted molar refractivity (Wildman–Crippen MR) is 229 cm³/mol. The van der Waals surface area contributed by atoms with Crippen LogP contribution in [0.25, 0.3) is 0 Å². The molecule has 0 radical (unpaired) electrons. The third-order valence-electron chi connectivity index (χ3n) is 12.9. The fourth-order valence-electron chi connectivity index (χ4n) is 9.07. The summed E-state index contributed by atoms with van der Waals surface area (Å²) in [6.07, 6.45) is 1.11. The maximum Gasteiger partial charge on any atom is 0.331 e. The lowest BCUT2D eigenvalue weighted by molar-refractivity contribution is -0.354. The molecular weight excluding hydrogens is 836 g/mol. The van der Waals surface area contributed by atoms with Gasteiger partial charge < -0.3 is 63.4 Å². The number of carbonyl (C=O) groups excluding carboxylic acids is 4. The van der Waals surface area contributed by atoms with Crippen LogP contribution in [0.5, 0.6) is 0 Å². The van der Waals surface area contributed by atoms with Gasteiger partial charge in [-0.15, -0.1) is 0 Å². The maximum absolute atomic E-state index is 13.5. The smallest absolute Gasteiger partial charge is 0.331 e. The summed E-state index contributed by atoms with van der Waals surface area (Å²) in [5, 5.41) is 58.9. The van der Waals surface area contributed by atoms with E-state index in [-0.39, 0.29) is 57.8 Å². The Hall–Kier alpha value is -3.52. The summed E-state index contributed by atoms with van der Waals surface area (Å²) in [7, 11) is 2.47. The Labute approximate surface area is 376 Å². The zero-order valence-electron chi connectivity index (χ0n) is 38.8. The number of rotatable bonds is 10. The topological polar surface area (TPSA) is 243 Å². The van der Waals surface area contributed by atoms with Gasteiger partial charge in [-0.05, 0) is 39.0 Å². The number of esters is 4. The Balaban J connectivity index is 1.87. The highest BCUT2D eigenvalue weighted by molar-refractivity contribution is 5.83. The van der Waals surface area contributed by atoms with Gasteiger partial charge in [0.15, 0.2) is 18.2 Å². The second-order valence-corrected chi connectivity index (χ2v) is 18.8. The molecule has 17 heteroatoms. The first kappa shape index (κ1) is 53.1. The van der Waals surface area contributed by atoms with E-state index >= 15 is 0 Å². The Kier molecular flexibility index (Phi) is 18.9. The van der Waals surface area contributed by atoms with Crippen molar-refractivity contribution < 1.29 is 82.6 Å². The van der Waals surface area contributed by atoms with E-state index in [1.165, 1.54) is 46.3 Å². The molecule has 4 rings (SSSR count). The van der Waals surface area contributed by atoms with Gasteiger partial charge in [0.2, 0.25) is 5.79 Å². The molecule has 0 aromatic heterocycles. The summed E-state index contributed by atoms with van der Waals surface area (Å²) in [5.41, 5.74) is -2.06. The summed E-state index contributed by atoms with van der Waals surface area (Å²) >= 11 is 0. The molecular formula is C47H72O17. The summed E-state index contributed by atoms with van der Waals surface area (Å²) in [6, 6.07) is 0. The molecule has 3 saturated heterocycles. The van der Waals surface area contributed by atoms with Gasteiger partial charge in [-0.3, -0.25) is 9.59 Å². The Morgan fingerprint density at radius 2 is 1.58 bits per heavy atom. The second-order valence-electron chi connectivity index (χ2n) is 18.8. The SMILES string of the molecule is CCCC=CC=CC(=O)O[C@H]1[C@H](CC(=O)OC)C[C@H]2C[C@H]([C@H](C)O)O[C@H](O)C[C@H](O)C[C@@H]3C[C@H](OC(C)=O)C(C)(C)[C@](O)(C[C@@H]4CC(=CC(=O)OC)C[C@H](C=CC(C)(C)[C@]1(O)O2)O4)O3. The summed E-state index contributed by atoms with van der Waals surface area (Å²) in [6.45, 7) is 11.4. The van der Waals surface area contributed by atoms with Gasteiger partial charge in [0.1, 0.15) is 6.10 Å². The lowest BCUT2D eigenvalue weighted by Crippen LogP contribution is -2.64. The minimum Gasteiger partial charge on any atom is -0.469 e. The average molecular weight is 909 g/mol. The minimum atomic E-state index is -2.37. The van der Waals surface area contributed by atoms with E-state index in [1.54, 1.807) is 45.9 Å². The van der Waals surface area contributed by atoms with E-state index in [0.29, 0.717) is 5.57 Å². The fraction of sp³-hybridized carbons (Fsp3) is 0.745. The first-order valence-electron chi connectivity index (χ1n) is 22.4. The minimum absolute atomic E-state index is 0.0252. The van der Waals surface area contributed by atoms with Gasteiger partial charge in [0.05, 0.1) is 68.8 Å². The van der Waals surface area contributed by atoms with E-state index < -0.39 is 113 Å². The molecule has 0 saturated carbocycles. The van der Waals surface area contributed by atoms with Crippen LogP contribution in [0.15, 0.2) is 48.1 Å². The molecule has 0 aromatic rings. The van der Waals surface area contributed by atoms with Crippen molar-refractivity contribution in [3.8, 4) is 0 Å². The van der Waals surface area contributed by atoms with Crippen LogP contribution in [-0.4, -0.2) is 136 Å². The molecule has 0 spiro atoms. The zero-order valence-corrected chi connectivity index (χ0v) is 38.8. The number of allylic oxidation sites excluding steroid dienone is 3. The largest absolute Gasteiger partial charge is 0.469 e. The molecule has 4 aliphatic rings. The van der Waals surface area contributed by atoms with Gasteiger partial charge in [0, 0.05) is 56.1 Å². The molecule has 4 heterocycles. The molecule has 13 atom stereocenters. The summed E-state index contributed by atoms with van der Waals surface area (Å²) < 4.78 is 47.2. The van der Waals surface area contributed by atoms with Crippen molar-refractivity contribution >= 4 is 23.9 Å². The monoisotopic (exact) mass is 908 g/mol. The van der Waals surface area contributed by atoms with E-state index in [2.05, 4.69) is 0 Å².